The second-order valence-electron chi connectivity index (χ2n) is 7.58. The van der Waals surface area contributed by atoms with Crippen molar-refractivity contribution < 1.29 is 18.7 Å². The summed E-state index contributed by atoms with van der Waals surface area (Å²) in [7, 11) is 1.59. The molecule has 0 saturated heterocycles. The molecule has 0 unspecified atom stereocenters. The molecule has 0 saturated carbocycles. The van der Waals surface area contributed by atoms with E-state index in [2.05, 4.69) is 10.3 Å². The van der Waals surface area contributed by atoms with Crippen molar-refractivity contribution in [3.63, 3.8) is 0 Å². The summed E-state index contributed by atoms with van der Waals surface area (Å²) in [6, 6.07) is 14.2. The molecule has 2 aromatic heterocycles. The van der Waals surface area contributed by atoms with Crippen LogP contribution in [-0.4, -0.2) is 35.4 Å². The molecule has 3 rings (SSSR count). The Bertz CT molecular complexity index is 998. The summed E-state index contributed by atoms with van der Waals surface area (Å²) in [5.74, 6) is 0.934. The fourth-order valence-corrected chi connectivity index (χ4v) is 3.00. The lowest BCUT2D eigenvalue weighted by atomic mass is 10.1. The minimum atomic E-state index is -0.210. The lowest BCUT2D eigenvalue weighted by Gasteiger charge is -2.23. The number of hydrogen-bond donors (Lipinski definition) is 1. The van der Waals surface area contributed by atoms with Crippen LogP contribution in [0.4, 0.5) is 0 Å². The monoisotopic (exact) mass is 421 g/mol. The van der Waals surface area contributed by atoms with Crippen LogP contribution in [0.3, 0.4) is 0 Å². The molecular weight excluding hydrogens is 394 g/mol. The average Bonchev–Trinajstić information content (AvgIpc) is 3.30. The topological polar surface area (TPSA) is 84.7 Å². The van der Waals surface area contributed by atoms with Crippen molar-refractivity contribution in [2.45, 2.75) is 26.9 Å². The number of amides is 2. The number of furan rings is 1. The van der Waals surface area contributed by atoms with Gasteiger partial charge in [0.2, 0.25) is 5.88 Å². The molecule has 1 N–H and O–H groups in total. The maximum absolute atomic E-state index is 13.5. The van der Waals surface area contributed by atoms with E-state index in [4.69, 9.17) is 9.15 Å². The maximum Gasteiger partial charge on any atom is 0.260 e. The normalized spacial score (nSPS) is 10.7. The van der Waals surface area contributed by atoms with Crippen molar-refractivity contribution in [2.24, 2.45) is 5.92 Å². The third-order valence-corrected chi connectivity index (χ3v) is 4.59. The highest BCUT2D eigenvalue weighted by atomic mass is 16.5. The van der Waals surface area contributed by atoms with E-state index in [1.807, 2.05) is 32.0 Å². The zero-order valence-corrected chi connectivity index (χ0v) is 18.0. The fraction of sp³-hybridized carbons (Fsp3) is 0.292. The summed E-state index contributed by atoms with van der Waals surface area (Å²) in [5.41, 5.74) is 1.85. The molecule has 0 bridgehead atoms. The standard InChI is InChI=1S/C24H27N3O4/c1-17(2)16-31-23-21(7-4-12-26-23)24(29)27(15-20-6-5-13-30-20)14-18-8-10-19(11-9-18)22(28)25-3/h4-13,17H,14-16H2,1-3H3,(H,25,28). The van der Waals surface area contributed by atoms with Crippen molar-refractivity contribution in [3.8, 4) is 5.88 Å². The summed E-state index contributed by atoms with van der Waals surface area (Å²) in [4.78, 5) is 31.2. The molecule has 2 amide bonds. The fourth-order valence-electron chi connectivity index (χ4n) is 3.00. The largest absolute Gasteiger partial charge is 0.477 e. The van der Waals surface area contributed by atoms with Crippen molar-refractivity contribution in [1.29, 1.82) is 0 Å². The van der Waals surface area contributed by atoms with E-state index < -0.39 is 0 Å². The number of pyridine rings is 1. The zero-order valence-electron chi connectivity index (χ0n) is 18.0. The van der Waals surface area contributed by atoms with Crippen LogP contribution in [-0.2, 0) is 13.1 Å². The van der Waals surface area contributed by atoms with Crippen LogP contribution in [0.25, 0.3) is 0 Å². The molecule has 3 aromatic rings. The van der Waals surface area contributed by atoms with Gasteiger partial charge in [0, 0.05) is 25.4 Å². The first-order valence-electron chi connectivity index (χ1n) is 10.2. The van der Waals surface area contributed by atoms with E-state index in [1.165, 1.54) is 0 Å². The summed E-state index contributed by atoms with van der Waals surface area (Å²) < 4.78 is 11.3. The molecule has 0 atom stereocenters. The third-order valence-electron chi connectivity index (χ3n) is 4.59. The Kier molecular flexibility index (Phi) is 7.43. The Morgan fingerprint density at radius 3 is 2.52 bits per heavy atom. The van der Waals surface area contributed by atoms with Crippen LogP contribution in [0, 0.1) is 5.92 Å². The van der Waals surface area contributed by atoms with Gasteiger partial charge in [0.05, 0.1) is 19.4 Å². The minimum Gasteiger partial charge on any atom is -0.477 e. The Morgan fingerprint density at radius 2 is 1.87 bits per heavy atom. The molecule has 0 radical (unpaired) electrons. The van der Waals surface area contributed by atoms with Gasteiger partial charge in [-0.15, -0.1) is 0 Å². The molecule has 0 aliphatic heterocycles. The highest BCUT2D eigenvalue weighted by Gasteiger charge is 2.22. The van der Waals surface area contributed by atoms with Gasteiger partial charge in [0.1, 0.15) is 11.3 Å². The SMILES string of the molecule is CNC(=O)c1ccc(CN(Cc2ccco2)C(=O)c2cccnc2OCC(C)C)cc1. The predicted octanol–water partition coefficient (Wildman–Crippen LogP) is 3.91. The third kappa shape index (κ3) is 5.94. The van der Waals surface area contributed by atoms with Crippen molar-refractivity contribution in [3.05, 3.63) is 83.4 Å². The summed E-state index contributed by atoms with van der Waals surface area (Å²) in [5, 5.41) is 2.60. The maximum atomic E-state index is 13.5. The number of carbonyl (C=O) groups is 2. The molecule has 7 nitrogen and oxygen atoms in total. The highest BCUT2D eigenvalue weighted by Crippen LogP contribution is 2.21. The number of nitrogens with zero attached hydrogens (tertiary/aromatic N) is 2. The van der Waals surface area contributed by atoms with Crippen LogP contribution in [0.5, 0.6) is 5.88 Å². The second-order valence-corrected chi connectivity index (χ2v) is 7.58. The summed E-state index contributed by atoms with van der Waals surface area (Å²) in [6.45, 7) is 5.18. The predicted molar refractivity (Wildman–Crippen MR) is 117 cm³/mol. The van der Waals surface area contributed by atoms with Crippen molar-refractivity contribution in [1.82, 2.24) is 15.2 Å². The van der Waals surface area contributed by atoms with Crippen LogP contribution >= 0.6 is 0 Å². The van der Waals surface area contributed by atoms with Crippen LogP contribution in [0.1, 0.15) is 45.9 Å². The lowest BCUT2D eigenvalue weighted by molar-refractivity contribution is 0.0711. The number of nitrogens with one attached hydrogen (secondary N) is 1. The molecule has 2 heterocycles. The molecule has 1 aromatic carbocycles. The van der Waals surface area contributed by atoms with Gasteiger partial charge in [-0.25, -0.2) is 4.98 Å². The van der Waals surface area contributed by atoms with E-state index in [0.29, 0.717) is 48.4 Å². The first-order chi connectivity index (χ1) is 15.0. The number of benzene rings is 1. The zero-order chi connectivity index (χ0) is 22.2. The van der Waals surface area contributed by atoms with E-state index >= 15 is 0 Å². The van der Waals surface area contributed by atoms with Gasteiger partial charge >= 0.3 is 0 Å². The summed E-state index contributed by atoms with van der Waals surface area (Å²) in [6.07, 6.45) is 3.19. The van der Waals surface area contributed by atoms with Gasteiger partial charge in [-0.2, -0.15) is 0 Å². The van der Waals surface area contributed by atoms with E-state index in [9.17, 15) is 9.59 Å². The molecular formula is C24H27N3O4. The Hall–Kier alpha value is -3.61. The van der Waals surface area contributed by atoms with Gasteiger partial charge in [-0.3, -0.25) is 9.59 Å². The van der Waals surface area contributed by atoms with Gasteiger partial charge < -0.3 is 19.4 Å². The molecule has 0 aliphatic rings. The smallest absolute Gasteiger partial charge is 0.260 e. The molecule has 0 aliphatic carbocycles. The Morgan fingerprint density at radius 1 is 1.10 bits per heavy atom. The Labute approximate surface area is 182 Å². The number of rotatable bonds is 9. The number of aromatic nitrogens is 1. The molecule has 0 spiro atoms. The number of carbonyl (C=O) groups excluding carboxylic acids is 2. The van der Waals surface area contributed by atoms with Crippen LogP contribution in [0.2, 0.25) is 0 Å². The number of ether oxygens (including phenoxy) is 1. The molecule has 7 heteroatoms. The first-order valence-corrected chi connectivity index (χ1v) is 10.2. The van der Waals surface area contributed by atoms with Gasteiger partial charge in [-0.05, 0) is 47.9 Å². The molecule has 0 fully saturated rings. The van der Waals surface area contributed by atoms with E-state index in [-0.39, 0.29) is 11.8 Å². The van der Waals surface area contributed by atoms with Gasteiger partial charge in [-0.1, -0.05) is 26.0 Å². The number of hydrogen-bond acceptors (Lipinski definition) is 5. The second kappa shape index (κ2) is 10.4. The van der Waals surface area contributed by atoms with Crippen molar-refractivity contribution in [2.75, 3.05) is 13.7 Å². The quantitative estimate of drug-likeness (QED) is 0.566. The van der Waals surface area contributed by atoms with Crippen LogP contribution in [0.15, 0.2) is 65.4 Å². The van der Waals surface area contributed by atoms with Crippen molar-refractivity contribution >= 4 is 11.8 Å². The first kappa shape index (κ1) is 22.1. The van der Waals surface area contributed by atoms with Gasteiger partial charge in [0.25, 0.3) is 11.8 Å². The highest BCUT2D eigenvalue weighted by molar-refractivity contribution is 5.96. The molecule has 162 valence electrons. The lowest BCUT2D eigenvalue weighted by Crippen LogP contribution is -2.30. The van der Waals surface area contributed by atoms with Gasteiger partial charge in [0.15, 0.2) is 0 Å². The van der Waals surface area contributed by atoms with E-state index in [1.54, 1.807) is 54.7 Å². The minimum absolute atomic E-state index is 0.155. The average molecular weight is 421 g/mol. The Balaban J connectivity index is 1.85. The summed E-state index contributed by atoms with van der Waals surface area (Å²) >= 11 is 0. The van der Waals surface area contributed by atoms with E-state index in [0.717, 1.165) is 5.56 Å². The molecule has 31 heavy (non-hydrogen) atoms. The van der Waals surface area contributed by atoms with Crippen LogP contribution < -0.4 is 10.1 Å².